The first-order chi connectivity index (χ1) is 10.3. The van der Waals surface area contributed by atoms with Crippen LogP contribution < -0.4 is 4.72 Å². The van der Waals surface area contributed by atoms with Crippen molar-refractivity contribution in [3.63, 3.8) is 0 Å². The molecule has 0 aromatic heterocycles. The number of aromatic carboxylic acids is 1. The van der Waals surface area contributed by atoms with Crippen LogP contribution in [0.2, 0.25) is 0 Å². The topological polar surface area (TPSA) is 86.7 Å². The van der Waals surface area contributed by atoms with Crippen LogP contribution in [0, 0.1) is 0 Å². The predicted molar refractivity (Wildman–Crippen MR) is 74.6 cm³/mol. The third-order valence-corrected chi connectivity index (χ3v) is 4.94. The highest BCUT2D eigenvalue weighted by Gasteiger charge is 2.28. The van der Waals surface area contributed by atoms with Gasteiger partial charge in [0, 0.05) is 12.6 Å². The summed E-state index contributed by atoms with van der Waals surface area (Å²) >= 11 is 0. The van der Waals surface area contributed by atoms with E-state index in [1.165, 1.54) is 29.2 Å². The molecule has 0 bridgehead atoms. The molecule has 1 fully saturated rings. The molecular weight excluding hydrogens is 318 g/mol. The van der Waals surface area contributed by atoms with Gasteiger partial charge in [0.2, 0.25) is 10.0 Å². The average Bonchev–Trinajstić information content (AvgIpc) is 2.84. The van der Waals surface area contributed by atoms with E-state index in [1.807, 2.05) is 0 Å². The minimum Gasteiger partial charge on any atom is -0.478 e. The smallest absolute Gasteiger partial charge is 0.335 e. The molecule has 0 saturated carbocycles. The second kappa shape index (κ2) is 6.67. The molecule has 9 heteroatoms. The van der Waals surface area contributed by atoms with Gasteiger partial charge in [-0.25, -0.2) is 26.7 Å². The van der Waals surface area contributed by atoms with Gasteiger partial charge < -0.3 is 5.11 Å². The molecule has 1 unspecified atom stereocenters. The maximum absolute atomic E-state index is 12.3. The van der Waals surface area contributed by atoms with E-state index in [-0.39, 0.29) is 23.5 Å². The van der Waals surface area contributed by atoms with Crippen LogP contribution in [0.3, 0.4) is 0 Å². The van der Waals surface area contributed by atoms with E-state index in [2.05, 4.69) is 4.72 Å². The number of hydrogen-bond donors (Lipinski definition) is 2. The number of sulfonamides is 1. The lowest BCUT2D eigenvalue weighted by Gasteiger charge is -2.16. The van der Waals surface area contributed by atoms with Gasteiger partial charge >= 0.3 is 5.97 Å². The molecule has 2 rings (SSSR count). The first kappa shape index (κ1) is 16.8. The van der Waals surface area contributed by atoms with Gasteiger partial charge in [-0.15, -0.1) is 0 Å². The highest BCUT2D eigenvalue weighted by molar-refractivity contribution is 7.89. The third-order valence-electron chi connectivity index (χ3n) is 3.40. The van der Waals surface area contributed by atoms with Crippen molar-refractivity contribution in [1.82, 2.24) is 9.62 Å². The van der Waals surface area contributed by atoms with Crippen molar-refractivity contribution in [1.29, 1.82) is 0 Å². The van der Waals surface area contributed by atoms with E-state index in [0.29, 0.717) is 13.0 Å². The fraction of sp³-hybridized carbons (Fsp3) is 0.462. The lowest BCUT2D eigenvalue weighted by Crippen LogP contribution is -2.37. The number of likely N-dealkylation sites (tertiary alicyclic amines) is 1. The van der Waals surface area contributed by atoms with Gasteiger partial charge in [-0.05, 0) is 37.2 Å². The fourth-order valence-corrected chi connectivity index (χ4v) is 3.62. The first-order valence-corrected chi connectivity index (χ1v) is 8.12. The van der Waals surface area contributed by atoms with E-state index in [0.717, 1.165) is 0 Å². The second-order valence-electron chi connectivity index (χ2n) is 5.09. The Morgan fingerprint density at radius 2 is 2.00 bits per heavy atom. The minimum atomic E-state index is -3.80. The van der Waals surface area contributed by atoms with Gasteiger partial charge in [-0.1, -0.05) is 0 Å². The van der Waals surface area contributed by atoms with Crippen LogP contribution in [0.25, 0.3) is 0 Å². The van der Waals surface area contributed by atoms with Gasteiger partial charge in [-0.2, -0.15) is 0 Å². The Morgan fingerprint density at radius 3 is 2.55 bits per heavy atom. The summed E-state index contributed by atoms with van der Waals surface area (Å²) < 4.78 is 51.4. The van der Waals surface area contributed by atoms with Crippen LogP contribution in [0.1, 0.15) is 16.8 Å². The Kier molecular flexibility index (Phi) is 5.09. The summed E-state index contributed by atoms with van der Waals surface area (Å²) in [7, 11) is -3.80. The van der Waals surface area contributed by atoms with Crippen molar-refractivity contribution in [3.8, 4) is 0 Å². The lowest BCUT2D eigenvalue weighted by molar-refractivity contribution is 0.0696. The van der Waals surface area contributed by atoms with E-state index in [1.54, 1.807) is 0 Å². The number of halogens is 2. The van der Waals surface area contributed by atoms with E-state index >= 15 is 0 Å². The molecular formula is C13H16F2N2O4S. The van der Waals surface area contributed by atoms with Crippen molar-refractivity contribution >= 4 is 16.0 Å². The summed E-state index contributed by atoms with van der Waals surface area (Å²) in [6.45, 7) is 0.276. The van der Waals surface area contributed by atoms with E-state index in [4.69, 9.17) is 5.11 Å². The Morgan fingerprint density at radius 1 is 1.36 bits per heavy atom. The number of benzene rings is 1. The van der Waals surface area contributed by atoms with E-state index in [9.17, 15) is 22.0 Å². The van der Waals surface area contributed by atoms with Crippen LogP contribution in [-0.4, -0.2) is 56.5 Å². The SMILES string of the molecule is O=C(O)c1ccc(S(=O)(=O)NC2CCN(CC(F)F)C2)cc1. The number of carbonyl (C=O) groups is 1. The summed E-state index contributed by atoms with van der Waals surface area (Å²) in [6.07, 6.45) is -1.99. The number of nitrogens with zero attached hydrogens (tertiary/aromatic N) is 1. The summed E-state index contributed by atoms with van der Waals surface area (Å²) in [5.74, 6) is -1.14. The molecule has 0 amide bonds. The van der Waals surface area contributed by atoms with Gasteiger partial charge in [0.15, 0.2) is 0 Å². The summed E-state index contributed by atoms with van der Waals surface area (Å²) in [6, 6.07) is 4.39. The summed E-state index contributed by atoms with van der Waals surface area (Å²) in [4.78, 5) is 12.2. The minimum absolute atomic E-state index is 0.0112. The molecule has 1 atom stereocenters. The predicted octanol–water partition coefficient (Wildman–Crippen LogP) is 1.00. The summed E-state index contributed by atoms with van der Waals surface area (Å²) in [5, 5.41) is 8.78. The Labute approximate surface area is 126 Å². The molecule has 22 heavy (non-hydrogen) atoms. The van der Waals surface area contributed by atoms with Crippen LogP contribution in [-0.2, 0) is 10.0 Å². The number of nitrogens with one attached hydrogen (secondary N) is 1. The quantitative estimate of drug-likeness (QED) is 0.811. The van der Waals surface area contributed by atoms with Crippen LogP contribution in [0.5, 0.6) is 0 Å². The van der Waals surface area contributed by atoms with Crippen molar-refractivity contribution in [2.24, 2.45) is 0 Å². The number of rotatable bonds is 6. The second-order valence-corrected chi connectivity index (χ2v) is 6.80. The normalized spacial score (nSPS) is 19.7. The number of carboxylic acid groups (broad SMARTS) is 1. The number of alkyl halides is 2. The van der Waals surface area contributed by atoms with Crippen LogP contribution in [0.4, 0.5) is 8.78 Å². The molecule has 1 heterocycles. The maximum atomic E-state index is 12.3. The molecule has 1 saturated heterocycles. The molecule has 1 aliphatic heterocycles. The van der Waals surface area contributed by atoms with Gasteiger partial charge in [-0.3, -0.25) is 4.90 Å². The molecule has 2 N–H and O–H groups in total. The van der Waals surface area contributed by atoms with Crippen molar-refractivity contribution in [3.05, 3.63) is 29.8 Å². The van der Waals surface area contributed by atoms with Gasteiger partial charge in [0.05, 0.1) is 17.0 Å². The average molecular weight is 334 g/mol. The Hall–Kier alpha value is -1.58. The Balaban J connectivity index is 2.01. The Bertz CT molecular complexity index is 634. The zero-order valence-corrected chi connectivity index (χ0v) is 12.4. The lowest BCUT2D eigenvalue weighted by atomic mass is 10.2. The van der Waals surface area contributed by atoms with E-state index < -0.39 is 28.5 Å². The molecule has 0 aliphatic carbocycles. The zero-order valence-electron chi connectivity index (χ0n) is 11.6. The van der Waals surface area contributed by atoms with Crippen molar-refractivity contribution in [2.75, 3.05) is 19.6 Å². The first-order valence-electron chi connectivity index (χ1n) is 6.64. The monoisotopic (exact) mass is 334 g/mol. The van der Waals surface area contributed by atoms with Gasteiger partial charge in [0.1, 0.15) is 0 Å². The van der Waals surface area contributed by atoms with Crippen LogP contribution >= 0.6 is 0 Å². The zero-order chi connectivity index (χ0) is 16.3. The largest absolute Gasteiger partial charge is 0.478 e. The molecule has 1 aromatic rings. The molecule has 122 valence electrons. The fourth-order valence-electron chi connectivity index (χ4n) is 2.35. The standard InChI is InChI=1S/C13H16F2N2O4S/c14-12(15)8-17-6-5-10(7-17)16-22(20,21)11-3-1-9(2-4-11)13(18)19/h1-4,10,12,16H,5-8H2,(H,18,19). The molecule has 6 nitrogen and oxygen atoms in total. The molecule has 1 aromatic carbocycles. The summed E-state index contributed by atoms with van der Waals surface area (Å²) in [5.41, 5.74) is -0.0112. The van der Waals surface area contributed by atoms with Crippen LogP contribution in [0.15, 0.2) is 29.2 Å². The third kappa shape index (κ3) is 4.21. The highest BCUT2D eigenvalue weighted by Crippen LogP contribution is 2.16. The van der Waals surface area contributed by atoms with Crippen molar-refractivity contribution in [2.45, 2.75) is 23.8 Å². The molecule has 0 radical (unpaired) electrons. The highest BCUT2D eigenvalue weighted by atomic mass is 32.2. The number of hydrogen-bond acceptors (Lipinski definition) is 4. The number of carboxylic acids is 1. The van der Waals surface area contributed by atoms with Gasteiger partial charge in [0.25, 0.3) is 6.43 Å². The van der Waals surface area contributed by atoms with Crippen molar-refractivity contribution < 1.29 is 27.1 Å². The maximum Gasteiger partial charge on any atom is 0.335 e. The molecule has 1 aliphatic rings. The molecule has 0 spiro atoms.